The maximum Gasteiger partial charge on any atom is 0.509 e. The fourth-order valence-corrected chi connectivity index (χ4v) is 2.08. The van der Waals surface area contributed by atoms with Gasteiger partial charge in [0.2, 0.25) is 0 Å². The summed E-state index contributed by atoms with van der Waals surface area (Å²) in [4.78, 5) is 10.9. The van der Waals surface area contributed by atoms with E-state index in [-0.39, 0.29) is 19.8 Å². The predicted molar refractivity (Wildman–Crippen MR) is 58.4 cm³/mol. The molecule has 6 nitrogen and oxygen atoms in total. The molecule has 0 atom stereocenters. The molecule has 0 aromatic heterocycles. The Morgan fingerprint density at radius 3 is 2.25 bits per heavy atom. The van der Waals surface area contributed by atoms with E-state index in [1.165, 1.54) is 6.08 Å². The highest BCUT2D eigenvalue weighted by Gasteiger charge is 2.26. The third kappa shape index (κ3) is 6.61. The largest absolute Gasteiger partial charge is 0.509 e. The van der Waals surface area contributed by atoms with Gasteiger partial charge >= 0.3 is 13.8 Å². The van der Waals surface area contributed by atoms with Gasteiger partial charge in [-0.25, -0.2) is 4.79 Å². The Hall–Kier alpha value is -0.840. The van der Waals surface area contributed by atoms with E-state index in [2.05, 4.69) is 16.1 Å². The highest BCUT2D eigenvalue weighted by Crippen LogP contribution is 2.47. The molecule has 0 bridgehead atoms. The first kappa shape index (κ1) is 15.2. The van der Waals surface area contributed by atoms with Crippen molar-refractivity contribution in [2.45, 2.75) is 13.8 Å². The zero-order valence-corrected chi connectivity index (χ0v) is 10.4. The lowest BCUT2D eigenvalue weighted by molar-refractivity contribution is 0.0679. The number of rotatable bonds is 8. The van der Waals surface area contributed by atoms with E-state index in [0.29, 0.717) is 0 Å². The lowest BCUT2D eigenvalue weighted by Gasteiger charge is -2.16. The monoisotopic (exact) mass is 252 g/mol. The Balaban J connectivity index is 4.05. The van der Waals surface area contributed by atoms with Crippen LogP contribution in [0.1, 0.15) is 13.8 Å². The molecule has 0 aromatic rings. The molecular weight excluding hydrogens is 235 g/mol. The molecule has 94 valence electrons. The lowest BCUT2D eigenvalue weighted by Crippen LogP contribution is -2.11. The number of carbonyl (C=O) groups excluding carboxylic acids is 1. The molecule has 0 saturated carbocycles. The van der Waals surface area contributed by atoms with E-state index < -0.39 is 20.1 Å². The second-order valence-corrected chi connectivity index (χ2v) is 4.57. The van der Waals surface area contributed by atoms with Crippen LogP contribution >= 0.6 is 7.60 Å². The topological polar surface area (TPSA) is 71.1 Å². The summed E-state index contributed by atoms with van der Waals surface area (Å²) < 4.78 is 30.7. The molecule has 0 aliphatic heterocycles. The zero-order chi connectivity index (χ0) is 12.4. The number of ether oxygens (including phenoxy) is 2. The van der Waals surface area contributed by atoms with Crippen molar-refractivity contribution in [2.24, 2.45) is 0 Å². The fourth-order valence-electron chi connectivity index (χ4n) is 0.806. The SMILES string of the molecule is C=CCOC(=O)OCP(=O)(OCC)OCC. The van der Waals surface area contributed by atoms with Gasteiger partial charge in [0.05, 0.1) is 13.2 Å². The highest BCUT2D eigenvalue weighted by molar-refractivity contribution is 7.53. The number of carbonyl (C=O) groups is 1. The molecule has 0 aliphatic carbocycles. The van der Waals surface area contributed by atoms with Gasteiger partial charge in [-0.05, 0) is 13.8 Å². The maximum absolute atomic E-state index is 11.8. The second-order valence-electron chi connectivity index (χ2n) is 2.57. The zero-order valence-electron chi connectivity index (χ0n) is 9.51. The quantitative estimate of drug-likeness (QED) is 0.375. The summed E-state index contributed by atoms with van der Waals surface area (Å²) in [7, 11) is -3.35. The molecule has 0 fully saturated rings. The first-order valence-corrected chi connectivity index (χ1v) is 6.59. The maximum atomic E-state index is 11.8. The van der Waals surface area contributed by atoms with E-state index in [0.717, 1.165) is 0 Å². The van der Waals surface area contributed by atoms with Gasteiger partial charge in [0.1, 0.15) is 6.61 Å². The van der Waals surface area contributed by atoms with Crippen molar-refractivity contribution in [3.8, 4) is 0 Å². The summed E-state index contributed by atoms with van der Waals surface area (Å²) in [6, 6.07) is 0. The minimum atomic E-state index is -3.35. The normalized spacial score (nSPS) is 10.9. The molecule has 0 unspecified atom stereocenters. The molecule has 0 heterocycles. The van der Waals surface area contributed by atoms with E-state index in [4.69, 9.17) is 9.05 Å². The van der Waals surface area contributed by atoms with Crippen LogP contribution in [0.25, 0.3) is 0 Å². The molecule has 0 rings (SSSR count). The molecule has 0 spiro atoms. The Morgan fingerprint density at radius 1 is 1.25 bits per heavy atom. The van der Waals surface area contributed by atoms with Gasteiger partial charge < -0.3 is 18.5 Å². The predicted octanol–water partition coefficient (Wildman–Crippen LogP) is 2.55. The molecule has 0 saturated heterocycles. The Bertz CT molecular complexity index is 255. The molecule has 0 aliphatic rings. The van der Waals surface area contributed by atoms with Crippen LogP contribution in [0.15, 0.2) is 12.7 Å². The van der Waals surface area contributed by atoms with Gasteiger partial charge in [-0.2, -0.15) is 0 Å². The fraction of sp³-hybridized carbons (Fsp3) is 0.667. The van der Waals surface area contributed by atoms with Gasteiger partial charge in [0.15, 0.2) is 6.35 Å². The van der Waals surface area contributed by atoms with Crippen LogP contribution < -0.4 is 0 Å². The highest BCUT2D eigenvalue weighted by atomic mass is 31.2. The van der Waals surface area contributed by atoms with Gasteiger partial charge in [0, 0.05) is 0 Å². The van der Waals surface area contributed by atoms with Crippen LogP contribution in [0.2, 0.25) is 0 Å². The lowest BCUT2D eigenvalue weighted by atomic mass is 10.7. The van der Waals surface area contributed by atoms with E-state index in [1.807, 2.05) is 0 Å². The Morgan fingerprint density at radius 2 is 1.81 bits per heavy atom. The summed E-state index contributed by atoms with van der Waals surface area (Å²) >= 11 is 0. The minimum Gasteiger partial charge on any atom is -0.430 e. The molecule has 0 amide bonds. The van der Waals surface area contributed by atoms with Gasteiger partial charge in [-0.3, -0.25) is 4.57 Å². The first-order valence-electron chi connectivity index (χ1n) is 4.86. The molecule has 7 heteroatoms. The van der Waals surface area contributed by atoms with Crippen LogP contribution in [0.5, 0.6) is 0 Å². The van der Waals surface area contributed by atoms with Crippen molar-refractivity contribution in [1.82, 2.24) is 0 Å². The third-order valence-corrected chi connectivity index (χ3v) is 3.06. The van der Waals surface area contributed by atoms with Crippen molar-refractivity contribution >= 4 is 13.8 Å². The van der Waals surface area contributed by atoms with Gasteiger partial charge in [-0.15, -0.1) is 0 Å². The third-order valence-electron chi connectivity index (χ3n) is 1.31. The van der Waals surface area contributed by atoms with Crippen LogP contribution in [-0.4, -0.2) is 32.3 Å². The molecule has 0 N–H and O–H groups in total. The second kappa shape index (κ2) is 8.33. The van der Waals surface area contributed by atoms with Crippen LogP contribution in [0.4, 0.5) is 4.79 Å². The van der Waals surface area contributed by atoms with E-state index in [1.54, 1.807) is 13.8 Å². The van der Waals surface area contributed by atoms with Crippen molar-refractivity contribution < 1.29 is 27.9 Å². The van der Waals surface area contributed by atoms with Crippen LogP contribution in [0, 0.1) is 0 Å². The van der Waals surface area contributed by atoms with Crippen LogP contribution in [-0.2, 0) is 23.1 Å². The van der Waals surface area contributed by atoms with Crippen molar-refractivity contribution in [3.05, 3.63) is 12.7 Å². The summed E-state index contributed by atoms with van der Waals surface area (Å²) in [6.45, 7) is 7.16. The van der Waals surface area contributed by atoms with E-state index >= 15 is 0 Å². The van der Waals surface area contributed by atoms with Crippen molar-refractivity contribution in [3.63, 3.8) is 0 Å². The van der Waals surface area contributed by atoms with Crippen molar-refractivity contribution in [1.29, 1.82) is 0 Å². The summed E-state index contributed by atoms with van der Waals surface area (Å²) in [6.07, 6.45) is 0.0101. The summed E-state index contributed by atoms with van der Waals surface area (Å²) in [5, 5.41) is 0. The molecule has 0 aromatic carbocycles. The molecular formula is C9H17O6P. The number of hydrogen-bond donors (Lipinski definition) is 0. The van der Waals surface area contributed by atoms with Gasteiger partial charge in [0.25, 0.3) is 0 Å². The standard InChI is InChI=1S/C9H17O6P/c1-4-7-12-9(10)13-8-16(11,14-5-2)15-6-3/h4H,1,5-8H2,2-3H3. The minimum absolute atomic E-state index is 0.0341. The average molecular weight is 252 g/mol. The van der Waals surface area contributed by atoms with Crippen LogP contribution in [0.3, 0.4) is 0 Å². The van der Waals surface area contributed by atoms with Gasteiger partial charge in [-0.1, -0.05) is 12.7 Å². The Kier molecular flexibility index (Phi) is 7.89. The average Bonchev–Trinajstić information content (AvgIpc) is 2.24. The first-order chi connectivity index (χ1) is 7.58. The summed E-state index contributed by atoms with van der Waals surface area (Å²) in [5.74, 6) is 0. The summed E-state index contributed by atoms with van der Waals surface area (Å²) in [5.41, 5.74) is 0. The molecule has 0 radical (unpaired) electrons. The van der Waals surface area contributed by atoms with E-state index in [9.17, 15) is 9.36 Å². The number of hydrogen-bond acceptors (Lipinski definition) is 6. The molecule has 16 heavy (non-hydrogen) atoms. The Labute approximate surface area is 95.0 Å². The van der Waals surface area contributed by atoms with Crippen molar-refractivity contribution in [2.75, 3.05) is 26.2 Å². The smallest absolute Gasteiger partial charge is 0.430 e.